The Morgan fingerprint density at radius 2 is 1.91 bits per heavy atom. The van der Waals surface area contributed by atoms with Crippen LogP contribution in [-0.4, -0.2) is 38.8 Å². The molecule has 4 rings (SSSR count). The van der Waals surface area contributed by atoms with Gasteiger partial charge in [-0.15, -0.1) is 0 Å². The minimum atomic E-state index is -0.417. The summed E-state index contributed by atoms with van der Waals surface area (Å²) in [7, 11) is 0. The van der Waals surface area contributed by atoms with Crippen molar-refractivity contribution in [3.63, 3.8) is 0 Å². The summed E-state index contributed by atoms with van der Waals surface area (Å²) >= 11 is 1.33. The van der Waals surface area contributed by atoms with E-state index in [2.05, 4.69) is 46.6 Å². The summed E-state index contributed by atoms with van der Waals surface area (Å²) in [6.07, 6.45) is 4.46. The Labute approximate surface area is 196 Å². The lowest BCUT2D eigenvalue weighted by Gasteiger charge is -2.07. The summed E-state index contributed by atoms with van der Waals surface area (Å²) < 4.78 is 6.78. The van der Waals surface area contributed by atoms with Gasteiger partial charge in [0, 0.05) is 23.6 Å². The molecule has 1 N–H and O–H groups in total. The molecule has 0 unspecified atom stereocenters. The monoisotopic (exact) mass is 460 g/mol. The lowest BCUT2D eigenvalue weighted by Crippen LogP contribution is -2.15. The molecular weight excluding hydrogens is 436 g/mol. The lowest BCUT2D eigenvalue weighted by atomic mass is 10.1. The molecule has 0 radical (unpaired) electrons. The molecule has 0 atom stereocenters. The summed E-state index contributed by atoms with van der Waals surface area (Å²) in [5.41, 5.74) is 4.94. The van der Waals surface area contributed by atoms with Crippen LogP contribution in [0.2, 0.25) is 0 Å². The maximum atomic E-state index is 12.5. The molecular formula is C25H24N4O3S. The van der Waals surface area contributed by atoms with E-state index in [4.69, 9.17) is 4.74 Å². The van der Waals surface area contributed by atoms with Crippen molar-refractivity contribution in [2.45, 2.75) is 25.3 Å². The van der Waals surface area contributed by atoms with E-state index in [1.165, 1.54) is 17.3 Å². The highest BCUT2D eigenvalue weighted by atomic mass is 32.2. The zero-order valence-electron chi connectivity index (χ0n) is 18.4. The number of fused-ring (bicyclic) bond motifs is 1. The third-order valence-electron chi connectivity index (χ3n) is 5.01. The molecule has 0 saturated carbocycles. The van der Waals surface area contributed by atoms with Crippen LogP contribution < -0.4 is 5.32 Å². The quantitative estimate of drug-likeness (QED) is 0.298. The Hall–Kier alpha value is -3.65. The fraction of sp³-hybridized carbons (Fsp3) is 0.200. The Balaban J connectivity index is 1.45. The molecule has 0 aliphatic carbocycles. The first-order valence-corrected chi connectivity index (χ1v) is 11.7. The van der Waals surface area contributed by atoms with Crippen molar-refractivity contribution in [2.75, 3.05) is 17.7 Å². The standard InChI is InChI=1S/C25H24N4O3S/c1-3-17-8-10-18(11-9-17)21-15-22-24(26-12-13-29(22)28-21)33-16-23(30)27-20-7-5-6-19(14-20)25(31)32-4-2/h5-15H,3-4,16H2,1-2H3,(H,27,30). The van der Waals surface area contributed by atoms with Crippen molar-refractivity contribution in [2.24, 2.45) is 0 Å². The first-order chi connectivity index (χ1) is 16.1. The van der Waals surface area contributed by atoms with Gasteiger partial charge in [0.25, 0.3) is 0 Å². The smallest absolute Gasteiger partial charge is 0.338 e. The number of nitrogens with zero attached hydrogens (tertiary/aromatic N) is 3. The minimum Gasteiger partial charge on any atom is -0.462 e. The second-order valence-electron chi connectivity index (χ2n) is 7.28. The predicted octanol–water partition coefficient (Wildman–Crippen LogP) is 4.87. The second kappa shape index (κ2) is 10.3. The van der Waals surface area contributed by atoms with Gasteiger partial charge in [0.05, 0.1) is 29.1 Å². The number of ether oxygens (including phenoxy) is 1. The highest BCUT2D eigenvalue weighted by molar-refractivity contribution is 8.00. The van der Waals surface area contributed by atoms with E-state index < -0.39 is 5.97 Å². The Bertz CT molecular complexity index is 1280. The summed E-state index contributed by atoms with van der Waals surface area (Å²) in [5.74, 6) is -0.443. The molecule has 2 aromatic heterocycles. The van der Waals surface area contributed by atoms with Gasteiger partial charge in [0.15, 0.2) is 0 Å². The molecule has 0 aliphatic rings. The van der Waals surface area contributed by atoms with Gasteiger partial charge in [-0.3, -0.25) is 4.79 Å². The average molecular weight is 461 g/mol. The maximum Gasteiger partial charge on any atom is 0.338 e. The van der Waals surface area contributed by atoms with Gasteiger partial charge >= 0.3 is 5.97 Å². The van der Waals surface area contributed by atoms with Crippen molar-refractivity contribution in [1.82, 2.24) is 14.6 Å². The van der Waals surface area contributed by atoms with Crippen LogP contribution in [0, 0.1) is 0 Å². The first kappa shape index (κ1) is 22.5. The molecule has 0 spiro atoms. The zero-order valence-corrected chi connectivity index (χ0v) is 19.3. The van der Waals surface area contributed by atoms with Crippen molar-refractivity contribution in [3.05, 3.63) is 78.1 Å². The number of rotatable bonds is 8. The predicted molar refractivity (Wildman–Crippen MR) is 130 cm³/mol. The van der Waals surface area contributed by atoms with Crippen LogP contribution >= 0.6 is 11.8 Å². The molecule has 0 fully saturated rings. The Kier molecular flexibility index (Phi) is 7.04. The van der Waals surface area contributed by atoms with Gasteiger partial charge < -0.3 is 10.1 Å². The summed E-state index contributed by atoms with van der Waals surface area (Å²) in [6, 6.07) is 17.0. The maximum absolute atomic E-state index is 12.5. The topological polar surface area (TPSA) is 85.6 Å². The van der Waals surface area contributed by atoms with Crippen LogP contribution in [0.15, 0.2) is 72.0 Å². The van der Waals surface area contributed by atoms with E-state index in [0.29, 0.717) is 17.9 Å². The molecule has 7 nitrogen and oxygen atoms in total. The van der Waals surface area contributed by atoms with Crippen LogP contribution in [0.25, 0.3) is 16.8 Å². The zero-order chi connectivity index (χ0) is 23.2. The number of nitrogens with one attached hydrogen (secondary N) is 1. The second-order valence-corrected chi connectivity index (χ2v) is 8.24. The number of aryl methyl sites for hydroxylation is 1. The van der Waals surface area contributed by atoms with E-state index in [1.54, 1.807) is 48.1 Å². The molecule has 0 aliphatic heterocycles. The van der Waals surface area contributed by atoms with Crippen LogP contribution in [0.4, 0.5) is 5.69 Å². The van der Waals surface area contributed by atoms with Crippen LogP contribution in [0.1, 0.15) is 29.8 Å². The van der Waals surface area contributed by atoms with Crippen molar-refractivity contribution >= 4 is 34.8 Å². The molecule has 2 heterocycles. The number of hydrogen-bond donors (Lipinski definition) is 1. The number of esters is 1. The number of benzene rings is 2. The van der Waals surface area contributed by atoms with E-state index >= 15 is 0 Å². The Morgan fingerprint density at radius 3 is 2.67 bits per heavy atom. The molecule has 0 bridgehead atoms. The fourth-order valence-corrected chi connectivity index (χ4v) is 4.11. The Morgan fingerprint density at radius 1 is 1.09 bits per heavy atom. The normalized spacial score (nSPS) is 10.8. The average Bonchev–Trinajstić information content (AvgIpc) is 3.28. The first-order valence-electron chi connectivity index (χ1n) is 10.7. The largest absolute Gasteiger partial charge is 0.462 e. The van der Waals surface area contributed by atoms with E-state index in [-0.39, 0.29) is 11.7 Å². The van der Waals surface area contributed by atoms with Gasteiger partial charge in [-0.2, -0.15) is 5.10 Å². The number of hydrogen-bond acceptors (Lipinski definition) is 6. The number of aromatic nitrogens is 3. The summed E-state index contributed by atoms with van der Waals surface area (Å²) in [4.78, 5) is 28.9. The highest BCUT2D eigenvalue weighted by Crippen LogP contribution is 2.26. The number of anilines is 1. The van der Waals surface area contributed by atoms with Gasteiger partial charge in [-0.1, -0.05) is 49.0 Å². The number of amides is 1. The van der Waals surface area contributed by atoms with E-state index in [9.17, 15) is 9.59 Å². The van der Waals surface area contributed by atoms with Gasteiger partial charge in [-0.25, -0.2) is 14.3 Å². The molecule has 168 valence electrons. The molecule has 2 aromatic carbocycles. The van der Waals surface area contributed by atoms with E-state index in [0.717, 1.165) is 28.2 Å². The van der Waals surface area contributed by atoms with Crippen molar-refractivity contribution < 1.29 is 14.3 Å². The van der Waals surface area contributed by atoms with Crippen molar-refractivity contribution in [1.29, 1.82) is 0 Å². The lowest BCUT2D eigenvalue weighted by molar-refractivity contribution is -0.113. The van der Waals surface area contributed by atoms with E-state index in [1.807, 2.05) is 6.07 Å². The number of carbonyl (C=O) groups is 2. The SMILES string of the molecule is CCOC(=O)c1cccc(NC(=O)CSc2nccn3nc(-c4ccc(CC)cc4)cc23)c1. The third kappa shape index (κ3) is 5.40. The third-order valence-corrected chi connectivity index (χ3v) is 6.00. The number of thioether (sulfide) groups is 1. The van der Waals surface area contributed by atoms with Crippen LogP contribution in [0.3, 0.4) is 0 Å². The van der Waals surface area contributed by atoms with Gasteiger partial charge in [0.2, 0.25) is 5.91 Å². The minimum absolute atomic E-state index is 0.169. The fourth-order valence-electron chi connectivity index (χ4n) is 3.33. The molecule has 1 amide bonds. The van der Waals surface area contributed by atoms with Gasteiger partial charge in [-0.05, 0) is 43.2 Å². The van der Waals surface area contributed by atoms with Crippen molar-refractivity contribution in [3.8, 4) is 11.3 Å². The number of carbonyl (C=O) groups excluding carboxylic acids is 2. The highest BCUT2D eigenvalue weighted by Gasteiger charge is 2.13. The molecule has 33 heavy (non-hydrogen) atoms. The molecule has 0 saturated heterocycles. The molecule has 4 aromatic rings. The van der Waals surface area contributed by atoms with Crippen LogP contribution in [-0.2, 0) is 16.0 Å². The molecule has 8 heteroatoms. The summed E-state index contributed by atoms with van der Waals surface area (Å²) in [5, 5.41) is 8.20. The van der Waals surface area contributed by atoms with Crippen LogP contribution in [0.5, 0.6) is 0 Å². The van der Waals surface area contributed by atoms with Gasteiger partial charge in [0.1, 0.15) is 5.03 Å². The summed E-state index contributed by atoms with van der Waals surface area (Å²) in [6.45, 7) is 4.17.